The lowest BCUT2D eigenvalue weighted by atomic mass is 10.2. The molecule has 0 radical (unpaired) electrons. The predicted molar refractivity (Wildman–Crippen MR) is 105 cm³/mol. The van der Waals surface area contributed by atoms with Crippen LogP contribution in [0.1, 0.15) is 27.6 Å². The summed E-state index contributed by atoms with van der Waals surface area (Å²) < 4.78 is 7.29. The molecule has 0 bridgehead atoms. The smallest absolute Gasteiger partial charge is 0.174 e. The van der Waals surface area contributed by atoms with Crippen LogP contribution in [0, 0.1) is 20.8 Å². The number of hydrogen-bond donors (Lipinski definition) is 0. The quantitative estimate of drug-likeness (QED) is 0.358. The van der Waals surface area contributed by atoms with Crippen molar-refractivity contribution in [3.63, 3.8) is 0 Å². The van der Waals surface area contributed by atoms with Gasteiger partial charge in [0, 0.05) is 36.0 Å². The molecule has 26 heavy (non-hydrogen) atoms. The second-order valence-electron chi connectivity index (χ2n) is 6.23. The summed E-state index contributed by atoms with van der Waals surface area (Å²) in [5, 5.41) is 1.84. The van der Waals surface area contributed by atoms with Crippen LogP contribution in [0.15, 0.2) is 35.4 Å². The number of nitrogens with zero attached hydrogens (tertiary/aromatic N) is 3. The Kier molecular flexibility index (Phi) is 5.74. The first-order valence-corrected chi connectivity index (χ1v) is 9.55. The third-order valence-electron chi connectivity index (χ3n) is 4.41. The lowest BCUT2D eigenvalue weighted by Gasteiger charge is -2.09. The Bertz CT molecular complexity index is 950. The van der Waals surface area contributed by atoms with E-state index < -0.39 is 0 Å². The van der Waals surface area contributed by atoms with Crippen LogP contribution in [0.2, 0.25) is 0 Å². The molecule has 2 aromatic heterocycles. The van der Waals surface area contributed by atoms with Crippen LogP contribution in [0.4, 0.5) is 0 Å². The van der Waals surface area contributed by atoms with Crippen LogP contribution >= 0.6 is 11.8 Å². The van der Waals surface area contributed by atoms with Gasteiger partial charge in [-0.05, 0) is 32.9 Å². The van der Waals surface area contributed by atoms with Crippen molar-refractivity contribution in [2.45, 2.75) is 32.3 Å². The highest BCUT2D eigenvalue weighted by molar-refractivity contribution is 8.00. The first-order valence-electron chi connectivity index (χ1n) is 8.56. The predicted octanol–water partition coefficient (Wildman–Crippen LogP) is 3.98. The van der Waals surface area contributed by atoms with Crippen molar-refractivity contribution in [2.75, 3.05) is 19.5 Å². The molecule has 0 fully saturated rings. The van der Waals surface area contributed by atoms with Crippen LogP contribution in [-0.4, -0.2) is 39.8 Å². The molecule has 3 rings (SSSR count). The molecule has 5 nitrogen and oxygen atoms in total. The molecular weight excluding hydrogens is 346 g/mol. The highest BCUT2D eigenvalue weighted by Crippen LogP contribution is 2.26. The molecule has 0 aliphatic heterocycles. The van der Waals surface area contributed by atoms with E-state index in [0.717, 1.165) is 45.2 Å². The number of para-hydroxylation sites is 1. The van der Waals surface area contributed by atoms with E-state index >= 15 is 0 Å². The average Bonchev–Trinajstić information content (AvgIpc) is 2.91. The van der Waals surface area contributed by atoms with Crippen molar-refractivity contribution in [1.82, 2.24) is 14.5 Å². The second kappa shape index (κ2) is 8.01. The lowest BCUT2D eigenvalue weighted by molar-refractivity contribution is 0.102. The number of hydrogen-bond acceptors (Lipinski definition) is 5. The number of fused-ring (bicyclic) bond motifs is 1. The van der Waals surface area contributed by atoms with E-state index in [2.05, 4.69) is 14.5 Å². The zero-order valence-corrected chi connectivity index (χ0v) is 16.4. The molecule has 0 saturated heterocycles. The Balaban J connectivity index is 1.80. The van der Waals surface area contributed by atoms with Gasteiger partial charge in [-0.2, -0.15) is 0 Å². The molecule has 2 heterocycles. The summed E-state index contributed by atoms with van der Waals surface area (Å²) in [7, 11) is 1.69. The summed E-state index contributed by atoms with van der Waals surface area (Å²) in [5.74, 6) is 1.19. The Morgan fingerprint density at radius 2 is 1.96 bits per heavy atom. The van der Waals surface area contributed by atoms with Gasteiger partial charge in [-0.1, -0.05) is 30.0 Å². The second-order valence-corrected chi connectivity index (χ2v) is 7.20. The van der Waals surface area contributed by atoms with Gasteiger partial charge in [0.05, 0.1) is 17.9 Å². The van der Waals surface area contributed by atoms with Gasteiger partial charge in [0.1, 0.15) is 10.9 Å². The van der Waals surface area contributed by atoms with Gasteiger partial charge in [0.25, 0.3) is 0 Å². The molecule has 3 aromatic rings. The molecule has 0 atom stereocenters. The Labute approximate surface area is 157 Å². The fraction of sp³-hybridized carbons (Fsp3) is 0.350. The number of thioether (sulfide) groups is 1. The fourth-order valence-corrected chi connectivity index (χ4v) is 4.04. The van der Waals surface area contributed by atoms with Crippen molar-refractivity contribution in [3.8, 4) is 0 Å². The first-order chi connectivity index (χ1) is 12.5. The molecule has 136 valence electrons. The Morgan fingerprint density at radius 3 is 2.73 bits per heavy atom. The van der Waals surface area contributed by atoms with Crippen LogP contribution in [0.5, 0.6) is 0 Å². The zero-order valence-electron chi connectivity index (χ0n) is 15.6. The number of methoxy groups -OCH3 is 1. The van der Waals surface area contributed by atoms with E-state index in [-0.39, 0.29) is 5.78 Å². The Hall–Kier alpha value is -2.18. The number of ether oxygens (including phenoxy) is 1. The van der Waals surface area contributed by atoms with Gasteiger partial charge >= 0.3 is 0 Å². The van der Waals surface area contributed by atoms with E-state index in [1.807, 2.05) is 51.1 Å². The maximum Gasteiger partial charge on any atom is 0.174 e. The molecule has 0 saturated carbocycles. The minimum atomic E-state index is 0.118. The maximum atomic E-state index is 12.8. The minimum Gasteiger partial charge on any atom is -0.383 e. The van der Waals surface area contributed by atoms with Crippen molar-refractivity contribution >= 4 is 28.4 Å². The molecule has 6 heteroatoms. The normalized spacial score (nSPS) is 11.2. The number of carbonyl (C=O) groups is 1. The third-order valence-corrected chi connectivity index (χ3v) is 5.40. The molecule has 0 spiro atoms. The minimum absolute atomic E-state index is 0.118. The van der Waals surface area contributed by atoms with Crippen molar-refractivity contribution in [2.24, 2.45) is 0 Å². The lowest BCUT2D eigenvalue weighted by Crippen LogP contribution is -2.09. The van der Waals surface area contributed by atoms with Crippen molar-refractivity contribution in [3.05, 3.63) is 53.1 Å². The monoisotopic (exact) mass is 369 g/mol. The molecule has 0 aliphatic carbocycles. The van der Waals surface area contributed by atoms with Crippen molar-refractivity contribution < 1.29 is 9.53 Å². The summed E-state index contributed by atoms with van der Waals surface area (Å²) in [6.07, 6.45) is 0. The average molecular weight is 369 g/mol. The summed E-state index contributed by atoms with van der Waals surface area (Å²) >= 11 is 1.47. The van der Waals surface area contributed by atoms with Crippen molar-refractivity contribution in [1.29, 1.82) is 0 Å². The number of Topliss-reactive ketones (excluding diaryl/α,β-unsaturated/α-hetero) is 1. The summed E-state index contributed by atoms with van der Waals surface area (Å²) in [4.78, 5) is 21.8. The topological polar surface area (TPSA) is 57.0 Å². The van der Waals surface area contributed by atoms with Crippen LogP contribution in [0.25, 0.3) is 10.9 Å². The number of rotatable bonds is 7. The van der Waals surface area contributed by atoms with Gasteiger partial charge < -0.3 is 9.30 Å². The largest absolute Gasteiger partial charge is 0.383 e. The fourth-order valence-electron chi connectivity index (χ4n) is 3.09. The molecule has 0 amide bonds. The van der Waals surface area contributed by atoms with E-state index in [9.17, 15) is 4.79 Å². The summed E-state index contributed by atoms with van der Waals surface area (Å²) in [5.41, 5.74) is 3.76. The summed E-state index contributed by atoms with van der Waals surface area (Å²) in [6, 6.07) is 9.87. The SMILES string of the molecule is COCCn1c(C)cc(C(=O)CSc2nc(C)nc3ccccc23)c1C. The molecule has 1 aromatic carbocycles. The third kappa shape index (κ3) is 3.81. The van der Waals surface area contributed by atoms with Crippen LogP contribution < -0.4 is 0 Å². The summed E-state index contributed by atoms with van der Waals surface area (Å²) in [6.45, 7) is 7.27. The van der Waals surface area contributed by atoms with Gasteiger partial charge in [-0.15, -0.1) is 0 Å². The van der Waals surface area contributed by atoms with E-state index in [0.29, 0.717) is 12.4 Å². The van der Waals surface area contributed by atoms with Gasteiger partial charge in [0.15, 0.2) is 5.78 Å². The maximum absolute atomic E-state index is 12.8. The van der Waals surface area contributed by atoms with Crippen LogP contribution in [-0.2, 0) is 11.3 Å². The van der Waals surface area contributed by atoms with E-state index in [1.165, 1.54) is 11.8 Å². The van der Waals surface area contributed by atoms with Gasteiger partial charge in [-0.25, -0.2) is 9.97 Å². The molecular formula is C20H23N3O2S. The highest BCUT2D eigenvalue weighted by Gasteiger charge is 2.17. The van der Waals surface area contributed by atoms with Gasteiger partial charge in [0.2, 0.25) is 0 Å². The Morgan fingerprint density at radius 1 is 1.19 bits per heavy atom. The van der Waals surface area contributed by atoms with Crippen LogP contribution in [0.3, 0.4) is 0 Å². The first kappa shape index (κ1) is 18.6. The van der Waals surface area contributed by atoms with E-state index in [1.54, 1.807) is 7.11 Å². The standard InChI is InChI=1S/C20H23N3O2S/c1-13-11-17(14(2)23(13)9-10-25-4)19(24)12-26-20-16-7-5-6-8-18(16)21-15(3)22-20/h5-8,11H,9-10,12H2,1-4H3. The molecule has 0 aliphatic rings. The number of ketones is 1. The molecule has 0 N–H and O–H groups in total. The number of aryl methyl sites for hydroxylation is 2. The number of carbonyl (C=O) groups excluding carboxylic acids is 1. The van der Waals surface area contributed by atoms with E-state index in [4.69, 9.17) is 4.74 Å². The molecule has 0 unspecified atom stereocenters. The zero-order chi connectivity index (χ0) is 18.7. The van der Waals surface area contributed by atoms with Gasteiger partial charge in [-0.3, -0.25) is 4.79 Å². The number of aromatic nitrogens is 3. The number of benzene rings is 1. The highest BCUT2D eigenvalue weighted by atomic mass is 32.2.